The van der Waals surface area contributed by atoms with Gasteiger partial charge >= 0.3 is 5.97 Å². The van der Waals surface area contributed by atoms with E-state index in [1.807, 2.05) is 23.6 Å². The van der Waals surface area contributed by atoms with Gasteiger partial charge in [-0.05, 0) is 45.1 Å². The van der Waals surface area contributed by atoms with Gasteiger partial charge in [0.1, 0.15) is 0 Å². The van der Waals surface area contributed by atoms with Crippen molar-refractivity contribution < 1.29 is 39.2 Å². The first-order valence-electron chi connectivity index (χ1n) is 12.4. The molecule has 1 aliphatic carbocycles. The van der Waals surface area contributed by atoms with Gasteiger partial charge in [0.25, 0.3) is 12.9 Å². The second-order valence-corrected chi connectivity index (χ2v) is 9.59. The number of nitrogens with zero attached hydrogens (tertiary/aromatic N) is 4. The summed E-state index contributed by atoms with van der Waals surface area (Å²) in [6.45, 7) is 6.70. The average molecular weight is 526 g/mol. The summed E-state index contributed by atoms with van der Waals surface area (Å²) >= 11 is 0. The van der Waals surface area contributed by atoms with Crippen LogP contribution in [-0.2, 0) is 37.5 Å². The Kier molecular flexibility index (Phi) is 12.0. The minimum Gasteiger partial charge on any atom is -0.483 e. The monoisotopic (exact) mass is 525 g/mol. The Balaban J connectivity index is 0.000000733. The molecule has 0 radical (unpaired) electrons. The number of ether oxygens (including phenoxy) is 1. The third-order valence-electron chi connectivity index (χ3n) is 7.71. The third kappa shape index (κ3) is 7.98. The molecular formula is C24H39N5O8. The molecule has 0 aromatic carbocycles. The largest absolute Gasteiger partial charge is 0.483 e. The highest BCUT2D eigenvalue weighted by molar-refractivity contribution is 5.83. The molecule has 208 valence electrons. The molecule has 1 aromatic rings. The fourth-order valence-corrected chi connectivity index (χ4v) is 5.76. The van der Waals surface area contributed by atoms with Crippen LogP contribution in [0.1, 0.15) is 36.9 Å². The Morgan fingerprint density at radius 1 is 1.19 bits per heavy atom. The Labute approximate surface area is 216 Å². The van der Waals surface area contributed by atoms with Gasteiger partial charge in [0, 0.05) is 50.5 Å². The lowest BCUT2D eigenvalue weighted by molar-refractivity contribution is -0.150. The van der Waals surface area contributed by atoms with Crippen LogP contribution in [0.4, 0.5) is 0 Å². The number of amides is 1. The summed E-state index contributed by atoms with van der Waals surface area (Å²) in [5.74, 6) is -0.493. The summed E-state index contributed by atoms with van der Waals surface area (Å²) in [5, 5.41) is 30.5. The molecule has 2 aliphatic heterocycles. The second kappa shape index (κ2) is 14.6. The smallest absolute Gasteiger partial charge is 0.317 e. The number of carbonyl (C=O) groups excluding carboxylic acids is 1. The number of nitrogens with one attached hydrogen (secondary N) is 1. The van der Waals surface area contributed by atoms with Gasteiger partial charge < -0.3 is 25.4 Å². The fraction of sp³-hybridized carbons (Fsp3) is 0.708. The fourth-order valence-electron chi connectivity index (χ4n) is 5.76. The first-order valence-corrected chi connectivity index (χ1v) is 12.4. The molecule has 0 bridgehead atoms. The molecule has 3 heterocycles. The summed E-state index contributed by atoms with van der Waals surface area (Å²) < 4.78 is 7.33. The minimum absolute atomic E-state index is 0.00362. The van der Waals surface area contributed by atoms with Gasteiger partial charge in [0.15, 0.2) is 0 Å². The quantitative estimate of drug-likeness (QED) is 0.369. The van der Waals surface area contributed by atoms with Crippen LogP contribution in [-0.4, -0.2) is 112 Å². The van der Waals surface area contributed by atoms with Crippen molar-refractivity contribution in [1.82, 2.24) is 24.9 Å². The number of carboxylic acids is 1. The molecule has 13 nitrogen and oxygen atoms in total. The van der Waals surface area contributed by atoms with E-state index in [-0.39, 0.29) is 31.3 Å². The molecule has 0 unspecified atom stereocenters. The van der Waals surface area contributed by atoms with E-state index in [4.69, 9.17) is 24.5 Å². The van der Waals surface area contributed by atoms with Crippen molar-refractivity contribution >= 4 is 24.8 Å². The molecule has 3 aliphatic rings. The zero-order chi connectivity index (χ0) is 27.4. The Morgan fingerprint density at radius 3 is 2.41 bits per heavy atom. The molecule has 3 fully saturated rings. The van der Waals surface area contributed by atoms with E-state index in [9.17, 15) is 14.7 Å². The van der Waals surface area contributed by atoms with Gasteiger partial charge in [-0.15, -0.1) is 0 Å². The van der Waals surface area contributed by atoms with Crippen LogP contribution in [0.2, 0.25) is 0 Å². The third-order valence-corrected chi connectivity index (χ3v) is 7.71. The van der Waals surface area contributed by atoms with E-state index in [0.29, 0.717) is 19.1 Å². The topological polar surface area (TPSA) is 175 Å². The Bertz CT molecular complexity index is 898. The van der Waals surface area contributed by atoms with E-state index in [2.05, 4.69) is 15.3 Å². The second-order valence-electron chi connectivity index (χ2n) is 9.59. The molecular weight excluding hydrogens is 486 g/mol. The zero-order valence-electron chi connectivity index (χ0n) is 21.5. The van der Waals surface area contributed by atoms with E-state index >= 15 is 0 Å². The summed E-state index contributed by atoms with van der Waals surface area (Å²) in [4.78, 5) is 46.1. The highest BCUT2D eigenvalue weighted by Crippen LogP contribution is 2.48. The molecule has 1 amide bonds. The first kappa shape index (κ1) is 30.2. The van der Waals surface area contributed by atoms with Gasteiger partial charge in [-0.25, -0.2) is 0 Å². The van der Waals surface area contributed by atoms with Gasteiger partial charge in [-0.1, -0.05) is 0 Å². The number of aryl methyl sites for hydroxylation is 1. The number of hydrogen-bond acceptors (Lipinski definition) is 8. The maximum Gasteiger partial charge on any atom is 0.317 e. The number of piperidine rings is 1. The van der Waals surface area contributed by atoms with E-state index < -0.39 is 11.4 Å². The zero-order valence-corrected chi connectivity index (χ0v) is 21.5. The normalized spacial score (nSPS) is 25.8. The Hall–Kier alpha value is -3.03. The van der Waals surface area contributed by atoms with E-state index in [1.54, 1.807) is 6.20 Å². The standard InChI is InChI=1S/C22H35N5O4.2CH2O2/c1-16-17(13-24-25(16)2)12-23-21(30)22-5-3-19(27-7-9-31-10-8-27)11-18(22)4-6-26(15-22)14-20(28)29;2*2-1-3/h13,18-19H,3-12,14-15H2,1-2H3,(H,23,30)(H,28,29);2*1H,(H,2,3)/t18-,19+,22-;;/m1../s1. The predicted molar refractivity (Wildman–Crippen MR) is 132 cm³/mol. The number of morpholine rings is 1. The van der Waals surface area contributed by atoms with Crippen molar-refractivity contribution in [3.05, 3.63) is 17.5 Å². The SMILES string of the molecule is Cc1c(CNC(=O)[C@@]23CC[C@H](N4CCOCC4)C[C@H]2CCN(CC(=O)O)C3)cnn1C.O=CO.O=CO. The number of hydrogen-bond donors (Lipinski definition) is 4. The summed E-state index contributed by atoms with van der Waals surface area (Å²) in [6.07, 6.45) is 5.44. The van der Waals surface area contributed by atoms with Gasteiger partial charge in [-0.3, -0.25) is 33.7 Å². The van der Waals surface area contributed by atoms with Crippen LogP contribution >= 0.6 is 0 Å². The van der Waals surface area contributed by atoms with Crippen LogP contribution in [0.25, 0.3) is 0 Å². The summed E-state index contributed by atoms with van der Waals surface area (Å²) in [6, 6.07) is 0.487. The minimum atomic E-state index is -0.831. The molecule has 13 heteroatoms. The van der Waals surface area contributed by atoms with Crippen LogP contribution in [0.15, 0.2) is 6.20 Å². The lowest BCUT2D eigenvalue weighted by Gasteiger charge is -2.53. The summed E-state index contributed by atoms with van der Waals surface area (Å²) in [5.41, 5.74) is 1.54. The molecule has 1 saturated carbocycles. The lowest BCUT2D eigenvalue weighted by Crippen LogP contribution is -2.61. The van der Waals surface area contributed by atoms with Crippen LogP contribution < -0.4 is 5.32 Å². The molecule has 4 N–H and O–H groups in total. The highest BCUT2D eigenvalue weighted by atomic mass is 16.5. The lowest BCUT2D eigenvalue weighted by atomic mass is 9.61. The first-order chi connectivity index (χ1) is 17.7. The van der Waals surface area contributed by atoms with Gasteiger partial charge in [0.05, 0.1) is 31.4 Å². The predicted octanol–water partition coefficient (Wildman–Crippen LogP) is 0.0239. The maximum absolute atomic E-state index is 13.6. The number of aliphatic carboxylic acids is 1. The number of rotatable bonds is 6. The van der Waals surface area contributed by atoms with E-state index in [1.165, 1.54) is 0 Å². The number of carbonyl (C=O) groups is 4. The number of carboxylic acid groups (broad SMARTS) is 3. The van der Waals surface area contributed by atoms with Crippen molar-refractivity contribution in [3.8, 4) is 0 Å². The average Bonchev–Trinajstić information content (AvgIpc) is 3.20. The molecule has 2 saturated heterocycles. The van der Waals surface area contributed by atoms with Gasteiger partial charge in [-0.2, -0.15) is 5.10 Å². The van der Waals surface area contributed by atoms with Crippen LogP contribution in [0, 0.1) is 18.3 Å². The molecule has 37 heavy (non-hydrogen) atoms. The molecule has 4 rings (SSSR count). The molecule has 3 atom stereocenters. The van der Waals surface area contributed by atoms with E-state index in [0.717, 1.165) is 69.8 Å². The Morgan fingerprint density at radius 2 is 1.84 bits per heavy atom. The van der Waals surface area contributed by atoms with Crippen molar-refractivity contribution in [3.63, 3.8) is 0 Å². The molecule has 0 spiro atoms. The van der Waals surface area contributed by atoms with Crippen molar-refractivity contribution in [2.75, 3.05) is 45.9 Å². The van der Waals surface area contributed by atoms with Crippen LogP contribution in [0.5, 0.6) is 0 Å². The van der Waals surface area contributed by atoms with Crippen LogP contribution in [0.3, 0.4) is 0 Å². The highest BCUT2D eigenvalue weighted by Gasteiger charge is 2.52. The number of aromatic nitrogens is 2. The number of likely N-dealkylation sites (tertiary alicyclic amines) is 1. The number of fused-ring (bicyclic) bond motifs is 1. The van der Waals surface area contributed by atoms with Gasteiger partial charge in [0.2, 0.25) is 5.91 Å². The van der Waals surface area contributed by atoms with Crippen molar-refractivity contribution in [2.24, 2.45) is 18.4 Å². The van der Waals surface area contributed by atoms with Crippen molar-refractivity contribution in [2.45, 2.75) is 45.2 Å². The van der Waals surface area contributed by atoms with Crippen molar-refractivity contribution in [1.29, 1.82) is 0 Å². The summed E-state index contributed by atoms with van der Waals surface area (Å²) in [7, 11) is 1.90. The molecule has 1 aromatic heterocycles. The maximum atomic E-state index is 13.6.